The second-order valence-corrected chi connectivity index (χ2v) is 8.81. The van der Waals surface area contributed by atoms with Gasteiger partial charge >= 0.3 is 5.97 Å². The van der Waals surface area contributed by atoms with E-state index in [1.54, 1.807) is 13.1 Å². The van der Waals surface area contributed by atoms with E-state index in [1.165, 1.54) is 16.7 Å². The van der Waals surface area contributed by atoms with E-state index >= 15 is 0 Å². The molecule has 142 valence electrons. The lowest BCUT2D eigenvalue weighted by Gasteiger charge is -2.46. The minimum absolute atomic E-state index is 0.0240. The van der Waals surface area contributed by atoms with Crippen molar-refractivity contribution in [3.05, 3.63) is 28.6 Å². The normalized spacial score (nSPS) is 26.9. The van der Waals surface area contributed by atoms with Gasteiger partial charge in [-0.05, 0) is 13.0 Å². The zero-order chi connectivity index (χ0) is 19.7. The van der Waals surface area contributed by atoms with Crippen molar-refractivity contribution in [2.75, 3.05) is 0 Å². The van der Waals surface area contributed by atoms with Gasteiger partial charge in [0.15, 0.2) is 0 Å². The second-order valence-electron chi connectivity index (χ2n) is 6.76. The van der Waals surface area contributed by atoms with Crippen molar-refractivity contribution in [3.8, 4) is 0 Å². The largest absolute Gasteiger partial charge is 0.393 e. The molecule has 3 heterocycles. The SMILES string of the molecule is [B]N=POC(=O)C1=C(SC(C)Cc2ccn[nH]2)C(C)C2C(C(C)O)C(=O)N12. The maximum absolute atomic E-state index is 12.6. The van der Waals surface area contributed by atoms with Crippen LogP contribution in [0.15, 0.2) is 27.5 Å². The van der Waals surface area contributed by atoms with E-state index in [0.29, 0.717) is 0 Å². The standard InChI is InChI=1S/C16H20BN4O4PS/c1-7(6-10-4-5-18-19-10)27-14-8(2)12-11(9(3)22)15(23)21(12)13(14)16(24)25-26-20-17/h4-5,7-9,11-12,22H,6H2,1-3H3,(H,18,19). The third-order valence-electron chi connectivity index (χ3n) is 4.87. The fraction of sp³-hybridized carbons (Fsp3) is 0.562. The predicted molar refractivity (Wildman–Crippen MR) is 103 cm³/mol. The number of aliphatic hydroxyl groups excluding tert-OH is 1. The zero-order valence-corrected chi connectivity index (χ0v) is 16.9. The molecule has 5 atom stereocenters. The van der Waals surface area contributed by atoms with Gasteiger partial charge in [0.25, 0.3) is 7.98 Å². The molecule has 0 spiro atoms. The fourth-order valence-corrected chi connectivity index (χ4v) is 5.29. The van der Waals surface area contributed by atoms with Crippen LogP contribution in [0.4, 0.5) is 0 Å². The van der Waals surface area contributed by atoms with E-state index < -0.39 is 18.0 Å². The molecule has 1 aromatic rings. The first-order chi connectivity index (χ1) is 12.9. The molecule has 2 N–H and O–H groups in total. The van der Waals surface area contributed by atoms with Crippen molar-refractivity contribution >= 4 is 40.2 Å². The van der Waals surface area contributed by atoms with Crippen molar-refractivity contribution in [1.29, 1.82) is 0 Å². The summed E-state index contributed by atoms with van der Waals surface area (Å²) in [5.41, 5.74) is 1.24. The maximum atomic E-state index is 12.6. The average molecular weight is 406 g/mol. The van der Waals surface area contributed by atoms with E-state index in [0.717, 1.165) is 17.0 Å². The molecule has 11 heteroatoms. The quantitative estimate of drug-likeness (QED) is 0.406. The van der Waals surface area contributed by atoms with Crippen LogP contribution >= 0.6 is 20.4 Å². The number of aromatic nitrogens is 2. The number of hydrogen-bond acceptors (Lipinski definition) is 7. The van der Waals surface area contributed by atoms with Crippen LogP contribution in [-0.2, 0) is 20.5 Å². The van der Waals surface area contributed by atoms with Crippen LogP contribution in [-0.4, -0.2) is 57.5 Å². The summed E-state index contributed by atoms with van der Waals surface area (Å²) in [4.78, 5) is 27.4. The van der Waals surface area contributed by atoms with Gasteiger partial charge < -0.3 is 19.2 Å². The number of carbonyl (C=O) groups is 2. The molecular formula is C16H20BN4O4PS. The molecule has 1 aromatic heterocycles. The Morgan fingerprint density at radius 1 is 1.59 bits per heavy atom. The topological polar surface area (TPSA) is 108 Å². The molecule has 0 aromatic carbocycles. The lowest BCUT2D eigenvalue weighted by molar-refractivity contribution is -0.162. The number of thioether (sulfide) groups is 1. The number of β-lactam (4-membered cyclic amide) rings is 1. The highest BCUT2D eigenvalue weighted by Gasteiger charge is 2.60. The van der Waals surface area contributed by atoms with Crippen molar-refractivity contribution < 1.29 is 19.2 Å². The number of hydrogen-bond donors (Lipinski definition) is 2. The van der Waals surface area contributed by atoms with Gasteiger partial charge in [-0.1, -0.05) is 13.8 Å². The van der Waals surface area contributed by atoms with Gasteiger partial charge in [0, 0.05) is 34.4 Å². The van der Waals surface area contributed by atoms with Gasteiger partial charge in [-0.15, -0.1) is 11.8 Å². The number of nitrogens with zero attached hydrogens (tertiary/aromatic N) is 3. The minimum atomic E-state index is -0.776. The summed E-state index contributed by atoms with van der Waals surface area (Å²) >= 11 is 1.54. The van der Waals surface area contributed by atoms with Crippen molar-refractivity contribution in [2.45, 2.75) is 44.6 Å². The number of nitrogens with one attached hydrogen (secondary N) is 1. The van der Waals surface area contributed by atoms with E-state index in [4.69, 9.17) is 12.5 Å². The molecule has 1 fully saturated rings. The Labute approximate surface area is 164 Å². The highest BCUT2D eigenvalue weighted by atomic mass is 32.2. The number of aromatic amines is 1. The van der Waals surface area contributed by atoms with Gasteiger partial charge in [-0.3, -0.25) is 9.89 Å². The molecule has 1 amide bonds. The van der Waals surface area contributed by atoms with Crippen LogP contribution in [0.25, 0.3) is 0 Å². The Balaban J connectivity index is 1.87. The van der Waals surface area contributed by atoms with Crippen molar-refractivity contribution in [3.63, 3.8) is 0 Å². The first kappa shape index (κ1) is 20.1. The maximum Gasteiger partial charge on any atom is 0.365 e. The molecule has 8 nitrogen and oxygen atoms in total. The van der Waals surface area contributed by atoms with Crippen LogP contribution in [0.1, 0.15) is 26.5 Å². The number of H-pyrrole nitrogens is 1. The Kier molecular flexibility index (Phi) is 6.08. The summed E-state index contributed by atoms with van der Waals surface area (Å²) in [6, 6.07) is 1.66. The summed E-state index contributed by atoms with van der Waals surface area (Å²) in [5, 5.41) is 17.0. The number of fused-ring (bicyclic) bond motifs is 1. The fourth-order valence-electron chi connectivity index (χ4n) is 3.74. The number of aliphatic hydroxyl groups is 1. The lowest BCUT2D eigenvalue weighted by atomic mass is 9.79. The van der Waals surface area contributed by atoms with Crippen LogP contribution < -0.4 is 0 Å². The van der Waals surface area contributed by atoms with E-state index in [1.807, 2.05) is 19.9 Å². The molecule has 27 heavy (non-hydrogen) atoms. The van der Waals surface area contributed by atoms with Crippen molar-refractivity contribution in [1.82, 2.24) is 15.1 Å². The first-order valence-electron chi connectivity index (χ1n) is 8.58. The third kappa shape index (κ3) is 3.70. The molecule has 2 aliphatic rings. The van der Waals surface area contributed by atoms with Crippen LogP contribution in [0.3, 0.4) is 0 Å². The predicted octanol–water partition coefficient (Wildman–Crippen LogP) is 1.81. The Hall–Kier alpha value is -1.64. The first-order valence-corrected chi connectivity index (χ1v) is 10.2. The average Bonchev–Trinajstić information content (AvgIpc) is 3.19. The molecule has 3 rings (SSSR count). The molecule has 1 saturated heterocycles. The number of rotatable bonds is 7. The highest BCUT2D eigenvalue weighted by molar-refractivity contribution is 8.03. The molecule has 0 bridgehead atoms. The smallest absolute Gasteiger partial charge is 0.365 e. The van der Waals surface area contributed by atoms with Gasteiger partial charge in [-0.25, -0.2) is 4.79 Å². The van der Waals surface area contributed by atoms with Crippen LogP contribution in [0.2, 0.25) is 0 Å². The van der Waals surface area contributed by atoms with Crippen LogP contribution in [0, 0.1) is 11.8 Å². The van der Waals surface area contributed by atoms with Gasteiger partial charge in [0.2, 0.25) is 14.5 Å². The molecule has 2 aliphatic heterocycles. The molecular weight excluding hydrogens is 386 g/mol. The number of carbonyl (C=O) groups excluding carboxylic acids is 2. The van der Waals surface area contributed by atoms with Gasteiger partial charge in [-0.2, -0.15) is 5.10 Å². The molecule has 0 saturated carbocycles. The van der Waals surface area contributed by atoms with Gasteiger partial charge in [0.1, 0.15) is 5.70 Å². The summed E-state index contributed by atoms with van der Waals surface area (Å²) in [6.07, 6.45) is 1.65. The second kappa shape index (κ2) is 8.16. The monoisotopic (exact) mass is 406 g/mol. The highest BCUT2D eigenvalue weighted by Crippen LogP contribution is 2.51. The third-order valence-corrected chi connectivity index (χ3v) is 6.60. The summed E-state index contributed by atoms with van der Waals surface area (Å²) < 4.78 is 8.31. The summed E-state index contributed by atoms with van der Waals surface area (Å²) in [6.45, 7) is 5.61. The lowest BCUT2D eigenvalue weighted by Crippen LogP contribution is -2.63. The summed E-state index contributed by atoms with van der Waals surface area (Å²) in [5.74, 6) is -1.48. The Bertz CT molecular complexity index is 785. The minimum Gasteiger partial charge on any atom is -0.393 e. The molecule has 2 radical (unpaired) electrons. The zero-order valence-electron chi connectivity index (χ0n) is 15.2. The van der Waals surface area contributed by atoms with Crippen LogP contribution in [0.5, 0.6) is 0 Å². The Morgan fingerprint density at radius 2 is 2.33 bits per heavy atom. The van der Waals surface area contributed by atoms with E-state index in [9.17, 15) is 14.7 Å². The molecule has 0 aliphatic carbocycles. The molecule has 5 unspecified atom stereocenters. The van der Waals surface area contributed by atoms with E-state index in [-0.39, 0.29) is 37.4 Å². The van der Waals surface area contributed by atoms with Gasteiger partial charge in [0.05, 0.1) is 18.1 Å². The Morgan fingerprint density at radius 3 is 2.93 bits per heavy atom. The summed E-state index contributed by atoms with van der Waals surface area (Å²) in [7, 11) is 5.03. The number of amides is 1. The van der Waals surface area contributed by atoms with Crippen molar-refractivity contribution in [2.24, 2.45) is 16.5 Å². The van der Waals surface area contributed by atoms with E-state index in [2.05, 4.69) is 14.9 Å².